The first-order valence-electron chi connectivity index (χ1n) is 5.16. The van der Waals surface area contributed by atoms with E-state index in [0.29, 0.717) is 32.8 Å². The van der Waals surface area contributed by atoms with Crippen LogP contribution in [0.2, 0.25) is 0 Å². The molecule has 5 heteroatoms. The molecule has 0 aromatic rings. The standard InChI is InChI=1S/C11H20N2O3/c1-4-5-12-10-11(14)13(6-8-15-2)7-9-16-3/h1,12H,5-10H2,2-3H3. The molecule has 0 fully saturated rings. The molecule has 0 aliphatic carbocycles. The zero-order chi connectivity index (χ0) is 12.2. The quantitative estimate of drug-likeness (QED) is 0.420. The van der Waals surface area contributed by atoms with Crippen LogP contribution in [0.15, 0.2) is 0 Å². The minimum absolute atomic E-state index is 0.00403. The Morgan fingerprint density at radius 1 is 1.31 bits per heavy atom. The summed E-state index contributed by atoms with van der Waals surface area (Å²) < 4.78 is 9.88. The van der Waals surface area contributed by atoms with Crippen molar-refractivity contribution in [3.63, 3.8) is 0 Å². The largest absolute Gasteiger partial charge is 0.383 e. The first kappa shape index (κ1) is 14.9. The summed E-state index contributed by atoms with van der Waals surface area (Å²) >= 11 is 0. The summed E-state index contributed by atoms with van der Waals surface area (Å²) in [6.45, 7) is 2.81. The van der Waals surface area contributed by atoms with Gasteiger partial charge in [0.15, 0.2) is 0 Å². The van der Waals surface area contributed by atoms with Crippen molar-refractivity contribution in [2.75, 3.05) is 53.6 Å². The Kier molecular flexibility index (Phi) is 9.72. The lowest BCUT2D eigenvalue weighted by Crippen LogP contribution is -2.41. The molecule has 0 unspecified atom stereocenters. The maximum absolute atomic E-state index is 11.7. The Balaban J connectivity index is 3.94. The molecule has 0 aromatic carbocycles. The molecular formula is C11H20N2O3. The fraction of sp³-hybridized carbons (Fsp3) is 0.727. The fourth-order valence-corrected chi connectivity index (χ4v) is 1.12. The molecular weight excluding hydrogens is 208 g/mol. The van der Waals surface area contributed by atoms with Crippen LogP contribution in [0.3, 0.4) is 0 Å². The summed E-state index contributed by atoms with van der Waals surface area (Å²) in [5.74, 6) is 2.42. The zero-order valence-corrected chi connectivity index (χ0v) is 9.99. The van der Waals surface area contributed by atoms with Crippen molar-refractivity contribution in [3.8, 4) is 12.3 Å². The normalized spacial score (nSPS) is 9.81. The van der Waals surface area contributed by atoms with Gasteiger partial charge in [-0.25, -0.2) is 0 Å². The van der Waals surface area contributed by atoms with Crippen molar-refractivity contribution in [2.24, 2.45) is 0 Å². The predicted molar refractivity (Wildman–Crippen MR) is 62.0 cm³/mol. The third-order valence-corrected chi connectivity index (χ3v) is 1.99. The van der Waals surface area contributed by atoms with Gasteiger partial charge in [-0.2, -0.15) is 0 Å². The second-order valence-electron chi connectivity index (χ2n) is 3.17. The van der Waals surface area contributed by atoms with Gasteiger partial charge in [0.25, 0.3) is 0 Å². The highest BCUT2D eigenvalue weighted by Crippen LogP contribution is 1.90. The molecule has 0 aliphatic heterocycles. The maximum atomic E-state index is 11.7. The van der Waals surface area contributed by atoms with Crippen LogP contribution in [-0.2, 0) is 14.3 Å². The number of ether oxygens (including phenoxy) is 2. The molecule has 0 heterocycles. The number of rotatable bonds is 9. The number of hydrogen-bond acceptors (Lipinski definition) is 4. The van der Waals surface area contributed by atoms with Crippen LogP contribution in [0.1, 0.15) is 0 Å². The number of carbonyl (C=O) groups excluding carboxylic acids is 1. The van der Waals surface area contributed by atoms with Crippen molar-refractivity contribution >= 4 is 5.91 Å². The van der Waals surface area contributed by atoms with Crippen LogP contribution in [0.25, 0.3) is 0 Å². The lowest BCUT2D eigenvalue weighted by molar-refractivity contribution is -0.131. The Morgan fingerprint density at radius 3 is 2.31 bits per heavy atom. The molecule has 1 N–H and O–H groups in total. The third-order valence-electron chi connectivity index (χ3n) is 1.99. The number of carbonyl (C=O) groups is 1. The molecule has 92 valence electrons. The van der Waals surface area contributed by atoms with Crippen molar-refractivity contribution < 1.29 is 14.3 Å². The Labute approximate surface area is 97.1 Å². The molecule has 0 spiro atoms. The first-order valence-corrected chi connectivity index (χ1v) is 5.16. The topological polar surface area (TPSA) is 50.8 Å². The van der Waals surface area contributed by atoms with Gasteiger partial charge in [0, 0.05) is 27.3 Å². The van der Waals surface area contributed by atoms with E-state index in [9.17, 15) is 4.79 Å². The highest BCUT2D eigenvalue weighted by molar-refractivity contribution is 5.78. The van der Waals surface area contributed by atoms with Gasteiger partial charge in [-0.15, -0.1) is 6.42 Å². The molecule has 0 atom stereocenters. The Hall–Kier alpha value is -1.09. The summed E-state index contributed by atoms with van der Waals surface area (Å²) in [6, 6.07) is 0. The van der Waals surface area contributed by atoms with Crippen molar-refractivity contribution in [1.29, 1.82) is 0 Å². The number of amides is 1. The average Bonchev–Trinajstić information content (AvgIpc) is 2.29. The van der Waals surface area contributed by atoms with Crippen LogP contribution in [0.5, 0.6) is 0 Å². The minimum Gasteiger partial charge on any atom is -0.383 e. The van der Waals surface area contributed by atoms with Crippen LogP contribution < -0.4 is 5.32 Å². The SMILES string of the molecule is C#CCNCC(=O)N(CCOC)CCOC. The lowest BCUT2D eigenvalue weighted by Gasteiger charge is -2.22. The molecule has 16 heavy (non-hydrogen) atoms. The van der Waals surface area contributed by atoms with Crippen molar-refractivity contribution in [2.45, 2.75) is 0 Å². The van der Waals surface area contributed by atoms with Gasteiger partial charge < -0.3 is 14.4 Å². The van der Waals surface area contributed by atoms with E-state index in [1.807, 2.05) is 0 Å². The number of nitrogens with zero attached hydrogens (tertiary/aromatic N) is 1. The summed E-state index contributed by atoms with van der Waals surface area (Å²) in [5, 5.41) is 2.86. The van der Waals surface area contributed by atoms with E-state index in [1.165, 1.54) is 0 Å². The van der Waals surface area contributed by atoms with Gasteiger partial charge in [0.05, 0.1) is 26.3 Å². The Morgan fingerprint density at radius 2 is 1.88 bits per heavy atom. The second-order valence-corrected chi connectivity index (χ2v) is 3.17. The van der Waals surface area contributed by atoms with Crippen LogP contribution in [0, 0.1) is 12.3 Å². The van der Waals surface area contributed by atoms with E-state index in [0.717, 1.165) is 0 Å². The van der Waals surface area contributed by atoms with Gasteiger partial charge in [-0.3, -0.25) is 10.1 Å². The first-order chi connectivity index (χ1) is 7.76. The zero-order valence-electron chi connectivity index (χ0n) is 9.99. The number of methoxy groups -OCH3 is 2. The van der Waals surface area contributed by atoms with E-state index in [2.05, 4.69) is 11.2 Å². The van der Waals surface area contributed by atoms with Crippen molar-refractivity contribution in [1.82, 2.24) is 10.2 Å². The number of terminal acetylenes is 1. The third kappa shape index (κ3) is 7.23. The van der Waals surface area contributed by atoms with Crippen LogP contribution in [0.4, 0.5) is 0 Å². The smallest absolute Gasteiger partial charge is 0.236 e. The molecule has 5 nitrogen and oxygen atoms in total. The molecule has 0 radical (unpaired) electrons. The van der Waals surface area contributed by atoms with Crippen LogP contribution in [-0.4, -0.2) is 64.4 Å². The lowest BCUT2D eigenvalue weighted by atomic mass is 10.4. The van der Waals surface area contributed by atoms with Gasteiger partial charge in [-0.05, 0) is 0 Å². The van der Waals surface area contributed by atoms with Gasteiger partial charge in [-0.1, -0.05) is 5.92 Å². The monoisotopic (exact) mass is 228 g/mol. The fourth-order valence-electron chi connectivity index (χ4n) is 1.12. The van der Waals surface area contributed by atoms with Crippen molar-refractivity contribution in [3.05, 3.63) is 0 Å². The molecule has 1 amide bonds. The second kappa shape index (κ2) is 10.4. The van der Waals surface area contributed by atoms with Gasteiger partial charge in [0.2, 0.25) is 5.91 Å². The molecule has 0 aromatic heterocycles. The minimum atomic E-state index is 0.00403. The highest BCUT2D eigenvalue weighted by atomic mass is 16.5. The summed E-state index contributed by atoms with van der Waals surface area (Å²) in [6.07, 6.45) is 5.07. The average molecular weight is 228 g/mol. The van der Waals surface area contributed by atoms with E-state index in [-0.39, 0.29) is 12.5 Å². The molecule has 0 bridgehead atoms. The highest BCUT2D eigenvalue weighted by Gasteiger charge is 2.11. The maximum Gasteiger partial charge on any atom is 0.236 e. The summed E-state index contributed by atoms with van der Waals surface area (Å²) in [5.41, 5.74) is 0. The van der Waals surface area contributed by atoms with E-state index in [1.54, 1.807) is 19.1 Å². The Bertz CT molecular complexity index is 218. The molecule has 0 rings (SSSR count). The van der Waals surface area contributed by atoms with E-state index in [4.69, 9.17) is 15.9 Å². The van der Waals surface area contributed by atoms with Gasteiger partial charge in [0.1, 0.15) is 0 Å². The summed E-state index contributed by atoms with van der Waals surface area (Å²) in [7, 11) is 3.21. The van der Waals surface area contributed by atoms with E-state index < -0.39 is 0 Å². The number of nitrogens with one attached hydrogen (secondary N) is 1. The van der Waals surface area contributed by atoms with Crippen LogP contribution >= 0.6 is 0 Å². The molecule has 0 saturated heterocycles. The molecule has 0 saturated carbocycles. The van der Waals surface area contributed by atoms with E-state index >= 15 is 0 Å². The molecule has 0 aliphatic rings. The predicted octanol–water partition coefficient (Wildman–Crippen LogP) is -0.669. The van der Waals surface area contributed by atoms with Gasteiger partial charge >= 0.3 is 0 Å². The summed E-state index contributed by atoms with van der Waals surface area (Å²) in [4.78, 5) is 13.4. The number of hydrogen-bond donors (Lipinski definition) is 1.